The smallest absolute Gasteiger partial charge is 0.325 e. The third-order valence-corrected chi connectivity index (χ3v) is 6.14. The van der Waals surface area contributed by atoms with Crippen LogP contribution < -0.4 is 15.4 Å². The number of hydrogen-bond donors (Lipinski definition) is 2. The summed E-state index contributed by atoms with van der Waals surface area (Å²) in [5.74, 6) is -0.401. The summed E-state index contributed by atoms with van der Waals surface area (Å²) >= 11 is 0. The van der Waals surface area contributed by atoms with Crippen LogP contribution in [0, 0.1) is 0 Å². The molecule has 2 fully saturated rings. The van der Waals surface area contributed by atoms with E-state index < -0.39 is 23.5 Å². The molecule has 174 valence electrons. The summed E-state index contributed by atoms with van der Waals surface area (Å²) < 4.78 is 5.70. The average Bonchev–Trinajstić information content (AvgIpc) is 3.00. The number of carbonyl (C=O) groups is 4. The molecule has 1 aliphatic heterocycles. The molecular formula is C23H32N4O5. The molecule has 1 unspecified atom stereocenters. The Balaban J connectivity index is 1.66. The van der Waals surface area contributed by atoms with Crippen LogP contribution in [0.1, 0.15) is 57.1 Å². The van der Waals surface area contributed by atoms with Gasteiger partial charge in [-0.25, -0.2) is 4.79 Å². The van der Waals surface area contributed by atoms with Crippen molar-refractivity contribution in [2.45, 2.75) is 57.0 Å². The third-order valence-electron chi connectivity index (χ3n) is 6.14. The van der Waals surface area contributed by atoms with Gasteiger partial charge in [0.15, 0.2) is 6.61 Å². The molecule has 0 radical (unpaired) electrons. The number of hydrogen-bond acceptors (Lipinski definition) is 5. The summed E-state index contributed by atoms with van der Waals surface area (Å²) in [4.78, 5) is 52.5. The average molecular weight is 445 g/mol. The quantitative estimate of drug-likeness (QED) is 0.596. The number of ether oxygens (including phenoxy) is 1. The third kappa shape index (κ3) is 5.03. The lowest BCUT2D eigenvalue weighted by Gasteiger charge is -2.30. The normalized spacial score (nSPS) is 18.3. The van der Waals surface area contributed by atoms with Crippen LogP contribution in [-0.2, 0) is 14.4 Å². The zero-order chi connectivity index (χ0) is 23.3. The van der Waals surface area contributed by atoms with E-state index in [-0.39, 0.29) is 25.0 Å². The molecule has 9 nitrogen and oxygen atoms in total. The van der Waals surface area contributed by atoms with E-state index in [4.69, 9.17) is 4.74 Å². The zero-order valence-electron chi connectivity index (χ0n) is 19.0. The number of likely N-dealkylation sites (N-methyl/N-ethyl adjacent to an activating group) is 1. The summed E-state index contributed by atoms with van der Waals surface area (Å²) in [6, 6.07) is 6.30. The predicted molar refractivity (Wildman–Crippen MR) is 118 cm³/mol. The van der Waals surface area contributed by atoms with Gasteiger partial charge >= 0.3 is 6.03 Å². The van der Waals surface area contributed by atoms with Crippen LogP contribution in [0.5, 0.6) is 5.75 Å². The molecule has 1 saturated carbocycles. The first-order valence-electron chi connectivity index (χ1n) is 11.1. The van der Waals surface area contributed by atoms with Crippen LogP contribution in [0.3, 0.4) is 0 Å². The largest absolute Gasteiger partial charge is 0.483 e. The molecule has 32 heavy (non-hydrogen) atoms. The predicted octanol–water partition coefficient (Wildman–Crippen LogP) is 1.98. The van der Waals surface area contributed by atoms with Crippen LogP contribution in [0.15, 0.2) is 24.3 Å². The van der Waals surface area contributed by atoms with Crippen molar-refractivity contribution >= 4 is 23.8 Å². The highest BCUT2D eigenvalue weighted by Gasteiger charge is 2.51. The van der Waals surface area contributed by atoms with Gasteiger partial charge in [0.05, 0.1) is 6.04 Å². The fourth-order valence-electron chi connectivity index (χ4n) is 4.27. The van der Waals surface area contributed by atoms with E-state index in [9.17, 15) is 19.2 Å². The minimum Gasteiger partial charge on any atom is -0.483 e. The fourth-order valence-corrected chi connectivity index (χ4v) is 4.27. The highest BCUT2D eigenvalue weighted by molar-refractivity contribution is 6.09. The maximum absolute atomic E-state index is 12.9. The number of benzene rings is 1. The number of para-hydroxylation sites is 1. The zero-order valence-corrected chi connectivity index (χ0v) is 19.0. The highest BCUT2D eigenvalue weighted by Crippen LogP contribution is 2.33. The lowest BCUT2D eigenvalue weighted by atomic mass is 9.82. The monoisotopic (exact) mass is 444 g/mol. The second kappa shape index (κ2) is 10.0. The Morgan fingerprint density at radius 1 is 1.19 bits per heavy atom. The first-order valence-corrected chi connectivity index (χ1v) is 11.1. The number of rotatable bonds is 8. The fraction of sp³-hybridized carbons (Fsp3) is 0.565. The highest BCUT2D eigenvalue weighted by atomic mass is 16.5. The van der Waals surface area contributed by atoms with Crippen molar-refractivity contribution < 1.29 is 23.9 Å². The second-order valence-corrected chi connectivity index (χ2v) is 8.61. The number of nitrogens with zero attached hydrogens (tertiary/aromatic N) is 2. The van der Waals surface area contributed by atoms with Crippen molar-refractivity contribution in [2.75, 3.05) is 27.2 Å². The standard InChI is InChI=1S/C23H32N4O5/c1-4-17(16-10-6-7-11-18(16)32-15-20(29)26(2)3)24-19(28)14-27-21(30)23(25-22(27)31)12-8-5-9-13-23/h6-7,10-11,17H,4-5,8-9,12-15H2,1-3H3,(H,24,28)(H,25,31). The van der Waals surface area contributed by atoms with Crippen LogP contribution in [0.25, 0.3) is 0 Å². The van der Waals surface area contributed by atoms with E-state index in [1.165, 1.54) is 4.90 Å². The molecule has 1 saturated heterocycles. The molecule has 1 heterocycles. The van der Waals surface area contributed by atoms with Gasteiger partial charge in [0, 0.05) is 19.7 Å². The van der Waals surface area contributed by atoms with Gasteiger partial charge in [-0.3, -0.25) is 19.3 Å². The lowest BCUT2D eigenvalue weighted by Crippen LogP contribution is -2.49. The molecular weight excluding hydrogens is 412 g/mol. The minimum absolute atomic E-state index is 0.112. The summed E-state index contributed by atoms with van der Waals surface area (Å²) in [5, 5.41) is 5.73. The van der Waals surface area contributed by atoms with Crippen molar-refractivity contribution in [2.24, 2.45) is 0 Å². The molecule has 0 bridgehead atoms. The molecule has 1 aromatic carbocycles. The number of carbonyl (C=O) groups excluding carboxylic acids is 4. The van der Waals surface area contributed by atoms with Crippen molar-refractivity contribution in [3.8, 4) is 5.75 Å². The van der Waals surface area contributed by atoms with E-state index in [0.717, 1.165) is 29.7 Å². The molecule has 0 aromatic heterocycles. The SMILES string of the molecule is CCC(NC(=O)CN1C(=O)NC2(CCCCC2)C1=O)c1ccccc1OCC(=O)N(C)C. The topological polar surface area (TPSA) is 108 Å². The van der Waals surface area contributed by atoms with E-state index >= 15 is 0 Å². The first kappa shape index (κ1) is 23.6. The van der Waals surface area contributed by atoms with Gasteiger partial charge in [-0.05, 0) is 25.3 Å². The van der Waals surface area contributed by atoms with Gasteiger partial charge in [-0.15, -0.1) is 0 Å². The Labute approximate surface area is 188 Å². The molecule has 1 spiro atoms. The Morgan fingerprint density at radius 2 is 1.88 bits per heavy atom. The van der Waals surface area contributed by atoms with E-state index in [0.29, 0.717) is 25.0 Å². The maximum atomic E-state index is 12.9. The molecule has 2 aliphatic rings. The Kier molecular flexibility index (Phi) is 7.37. The number of nitrogens with one attached hydrogen (secondary N) is 2. The summed E-state index contributed by atoms with van der Waals surface area (Å²) in [6.07, 6.45) is 4.62. The number of urea groups is 1. The van der Waals surface area contributed by atoms with E-state index in [2.05, 4.69) is 10.6 Å². The Hall–Kier alpha value is -3.10. The van der Waals surface area contributed by atoms with Crippen LogP contribution in [-0.4, -0.2) is 66.3 Å². The summed E-state index contributed by atoms with van der Waals surface area (Å²) in [5.41, 5.74) is -0.116. The number of amides is 5. The first-order chi connectivity index (χ1) is 15.3. The van der Waals surface area contributed by atoms with Gasteiger partial charge in [-0.2, -0.15) is 0 Å². The molecule has 1 aliphatic carbocycles. The van der Waals surface area contributed by atoms with Gasteiger partial charge in [0.1, 0.15) is 17.8 Å². The van der Waals surface area contributed by atoms with Gasteiger partial charge in [-0.1, -0.05) is 44.4 Å². The van der Waals surface area contributed by atoms with Crippen molar-refractivity contribution in [1.29, 1.82) is 0 Å². The van der Waals surface area contributed by atoms with Crippen molar-refractivity contribution in [3.05, 3.63) is 29.8 Å². The van der Waals surface area contributed by atoms with E-state index in [1.807, 2.05) is 19.1 Å². The van der Waals surface area contributed by atoms with Crippen molar-refractivity contribution in [3.63, 3.8) is 0 Å². The van der Waals surface area contributed by atoms with Crippen LogP contribution in [0.4, 0.5) is 4.79 Å². The molecule has 2 N–H and O–H groups in total. The summed E-state index contributed by atoms with van der Waals surface area (Å²) in [7, 11) is 3.31. The molecule has 1 aromatic rings. The Bertz CT molecular complexity index is 879. The van der Waals surface area contributed by atoms with Crippen LogP contribution in [0.2, 0.25) is 0 Å². The van der Waals surface area contributed by atoms with Gasteiger partial charge in [0.25, 0.3) is 11.8 Å². The molecule has 1 atom stereocenters. The second-order valence-electron chi connectivity index (χ2n) is 8.61. The lowest BCUT2D eigenvalue weighted by molar-refractivity contribution is -0.136. The minimum atomic E-state index is -0.848. The van der Waals surface area contributed by atoms with E-state index in [1.54, 1.807) is 26.2 Å². The summed E-state index contributed by atoms with van der Waals surface area (Å²) in [6.45, 7) is 1.47. The molecule has 5 amide bonds. The molecule has 3 rings (SSSR count). The van der Waals surface area contributed by atoms with Gasteiger partial charge < -0.3 is 20.3 Å². The van der Waals surface area contributed by atoms with Gasteiger partial charge in [0.2, 0.25) is 5.91 Å². The Morgan fingerprint density at radius 3 is 2.53 bits per heavy atom. The maximum Gasteiger partial charge on any atom is 0.325 e. The molecule has 9 heteroatoms. The number of imide groups is 1. The van der Waals surface area contributed by atoms with Crippen molar-refractivity contribution in [1.82, 2.24) is 20.4 Å². The van der Waals surface area contributed by atoms with Crippen LogP contribution >= 0.6 is 0 Å².